The highest BCUT2D eigenvalue weighted by atomic mass is 16.3. The largest absolute Gasteiger partial charge is 0.469 e. The zero-order valence-corrected chi connectivity index (χ0v) is 9.10. The predicted octanol–water partition coefficient (Wildman–Crippen LogP) is 1.01. The van der Waals surface area contributed by atoms with E-state index >= 15 is 0 Å². The quantitative estimate of drug-likeness (QED) is 0.830. The maximum Gasteiger partial charge on any atom is 0.324 e. The SMILES string of the molecule is CC1CN(CCc2ccco2)C(=O)NC1=O. The molecule has 1 fully saturated rings. The number of furan rings is 1. The molecule has 5 heteroatoms. The highest BCUT2D eigenvalue weighted by Crippen LogP contribution is 2.09. The molecule has 1 aromatic heterocycles. The lowest BCUT2D eigenvalue weighted by atomic mass is 10.1. The maximum atomic E-state index is 11.5. The third-order valence-corrected chi connectivity index (χ3v) is 2.67. The number of hydrogen-bond donors (Lipinski definition) is 1. The van der Waals surface area contributed by atoms with Crippen molar-refractivity contribution in [2.24, 2.45) is 5.92 Å². The Bertz CT molecular complexity index is 386. The standard InChI is InChI=1S/C11H14N2O3/c1-8-7-13(11(15)12-10(8)14)5-4-9-3-2-6-16-9/h2-3,6,8H,4-5,7H2,1H3,(H,12,14,15). The summed E-state index contributed by atoms with van der Waals surface area (Å²) in [6.07, 6.45) is 2.28. The molecule has 16 heavy (non-hydrogen) atoms. The van der Waals surface area contributed by atoms with E-state index in [0.717, 1.165) is 5.76 Å². The molecular formula is C11H14N2O3. The second kappa shape index (κ2) is 4.38. The molecule has 1 aliphatic heterocycles. The Labute approximate surface area is 93.4 Å². The van der Waals surface area contributed by atoms with Crippen molar-refractivity contribution in [1.82, 2.24) is 10.2 Å². The van der Waals surface area contributed by atoms with Crippen LogP contribution in [0.4, 0.5) is 4.79 Å². The van der Waals surface area contributed by atoms with E-state index in [1.54, 1.807) is 11.2 Å². The first-order valence-electron chi connectivity index (χ1n) is 5.29. The summed E-state index contributed by atoms with van der Waals surface area (Å²) in [7, 11) is 0. The summed E-state index contributed by atoms with van der Waals surface area (Å²) in [5, 5.41) is 2.33. The zero-order chi connectivity index (χ0) is 11.5. The molecule has 3 amide bonds. The van der Waals surface area contributed by atoms with Crippen LogP contribution >= 0.6 is 0 Å². The van der Waals surface area contributed by atoms with Crippen LogP contribution in [0.1, 0.15) is 12.7 Å². The van der Waals surface area contributed by atoms with Crippen LogP contribution in [0, 0.1) is 5.92 Å². The van der Waals surface area contributed by atoms with Crippen molar-refractivity contribution in [3.05, 3.63) is 24.2 Å². The number of amides is 3. The Kier molecular flexibility index (Phi) is 2.94. The van der Waals surface area contributed by atoms with Gasteiger partial charge in [0.25, 0.3) is 0 Å². The number of hydrogen-bond acceptors (Lipinski definition) is 3. The molecule has 1 atom stereocenters. The van der Waals surface area contributed by atoms with Gasteiger partial charge in [0.05, 0.1) is 12.2 Å². The zero-order valence-electron chi connectivity index (χ0n) is 9.10. The van der Waals surface area contributed by atoms with Crippen molar-refractivity contribution in [1.29, 1.82) is 0 Å². The number of urea groups is 1. The second-order valence-corrected chi connectivity index (χ2v) is 3.97. The minimum Gasteiger partial charge on any atom is -0.469 e. The van der Waals surface area contributed by atoms with Gasteiger partial charge in [-0.3, -0.25) is 10.1 Å². The summed E-state index contributed by atoms with van der Waals surface area (Å²) >= 11 is 0. The summed E-state index contributed by atoms with van der Waals surface area (Å²) in [5.41, 5.74) is 0. The third kappa shape index (κ3) is 2.24. The first-order valence-corrected chi connectivity index (χ1v) is 5.29. The average molecular weight is 222 g/mol. The molecule has 0 bridgehead atoms. The lowest BCUT2D eigenvalue weighted by Crippen LogP contribution is -2.54. The van der Waals surface area contributed by atoms with E-state index in [9.17, 15) is 9.59 Å². The van der Waals surface area contributed by atoms with E-state index in [1.165, 1.54) is 0 Å². The van der Waals surface area contributed by atoms with E-state index in [-0.39, 0.29) is 17.9 Å². The molecule has 1 unspecified atom stereocenters. The highest BCUT2D eigenvalue weighted by molar-refractivity contribution is 5.97. The van der Waals surface area contributed by atoms with Crippen molar-refractivity contribution in [2.75, 3.05) is 13.1 Å². The van der Waals surface area contributed by atoms with Gasteiger partial charge in [0.2, 0.25) is 5.91 Å². The molecule has 86 valence electrons. The van der Waals surface area contributed by atoms with E-state index in [4.69, 9.17) is 4.42 Å². The maximum absolute atomic E-state index is 11.5. The van der Waals surface area contributed by atoms with Crippen LogP contribution in [0.3, 0.4) is 0 Å². The van der Waals surface area contributed by atoms with Crippen LogP contribution in [0.2, 0.25) is 0 Å². The van der Waals surface area contributed by atoms with Gasteiger partial charge >= 0.3 is 6.03 Å². The van der Waals surface area contributed by atoms with Gasteiger partial charge in [-0.1, -0.05) is 6.92 Å². The summed E-state index contributed by atoms with van der Waals surface area (Å²) in [4.78, 5) is 24.3. The first kappa shape index (κ1) is 10.7. The van der Waals surface area contributed by atoms with Gasteiger partial charge in [0, 0.05) is 19.5 Å². The molecule has 0 radical (unpaired) electrons. The Hall–Kier alpha value is -1.78. The minimum absolute atomic E-state index is 0.144. The highest BCUT2D eigenvalue weighted by Gasteiger charge is 2.28. The van der Waals surface area contributed by atoms with Gasteiger partial charge in [0.15, 0.2) is 0 Å². The molecule has 0 spiro atoms. The Morgan fingerprint density at radius 1 is 1.56 bits per heavy atom. The molecule has 0 aliphatic carbocycles. The van der Waals surface area contributed by atoms with Crippen molar-refractivity contribution in [3.63, 3.8) is 0 Å². The van der Waals surface area contributed by atoms with Crippen LogP contribution in [-0.4, -0.2) is 29.9 Å². The fraction of sp³-hybridized carbons (Fsp3) is 0.455. The molecule has 1 N–H and O–H groups in total. The average Bonchev–Trinajstić information content (AvgIpc) is 2.74. The van der Waals surface area contributed by atoms with Crippen LogP contribution in [0.15, 0.2) is 22.8 Å². The molecule has 1 aromatic rings. The van der Waals surface area contributed by atoms with Crippen molar-refractivity contribution < 1.29 is 14.0 Å². The molecular weight excluding hydrogens is 208 g/mol. The van der Waals surface area contributed by atoms with Crippen LogP contribution < -0.4 is 5.32 Å². The Balaban J connectivity index is 1.90. The number of nitrogens with one attached hydrogen (secondary N) is 1. The predicted molar refractivity (Wildman–Crippen MR) is 56.7 cm³/mol. The van der Waals surface area contributed by atoms with Gasteiger partial charge in [-0.15, -0.1) is 0 Å². The fourth-order valence-corrected chi connectivity index (χ4v) is 1.70. The molecule has 1 saturated heterocycles. The summed E-state index contributed by atoms with van der Waals surface area (Å²) < 4.78 is 5.18. The van der Waals surface area contributed by atoms with E-state index in [0.29, 0.717) is 19.5 Å². The summed E-state index contributed by atoms with van der Waals surface area (Å²) in [5.74, 6) is 0.505. The van der Waals surface area contributed by atoms with E-state index in [1.807, 2.05) is 19.1 Å². The van der Waals surface area contributed by atoms with Gasteiger partial charge in [-0.05, 0) is 12.1 Å². The van der Waals surface area contributed by atoms with Crippen LogP contribution in [-0.2, 0) is 11.2 Å². The molecule has 0 aromatic carbocycles. The topological polar surface area (TPSA) is 62.6 Å². The third-order valence-electron chi connectivity index (χ3n) is 2.67. The number of carbonyl (C=O) groups is 2. The van der Waals surface area contributed by atoms with Crippen LogP contribution in [0.5, 0.6) is 0 Å². The van der Waals surface area contributed by atoms with E-state index < -0.39 is 0 Å². The van der Waals surface area contributed by atoms with Crippen molar-refractivity contribution in [2.45, 2.75) is 13.3 Å². The fourth-order valence-electron chi connectivity index (χ4n) is 1.70. The lowest BCUT2D eigenvalue weighted by Gasteiger charge is -2.30. The van der Waals surface area contributed by atoms with Crippen molar-refractivity contribution >= 4 is 11.9 Å². The molecule has 5 nitrogen and oxygen atoms in total. The second-order valence-electron chi connectivity index (χ2n) is 3.97. The Morgan fingerprint density at radius 3 is 3.06 bits per heavy atom. The van der Waals surface area contributed by atoms with Gasteiger partial charge in [-0.25, -0.2) is 4.79 Å². The van der Waals surface area contributed by atoms with Gasteiger partial charge in [0.1, 0.15) is 5.76 Å². The number of nitrogens with zero attached hydrogens (tertiary/aromatic N) is 1. The van der Waals surface area contributed by atoms with Gasteiger partial charge in [-0.2, -0.15) is 0 Å². The monoisotopic (exact) mass is 222 g/mol. The number of carbonyl (C=O) groups excluding carboxylic acids is 2. The Morgan fingerprint density at radius 2 is 2.38 bits per heavy atom. The first-order chi connectivity index (χ1) is 7.66. The summed E-state index contributed by atoms with van der Waals surface area (Å²) in [6, 6.07) is 3.38. The normalized spacial score (nSPS) is 21.1. The molecule has 1 aliphatic rings. The molecule has 2 heterocycles. The van der Waals surface area contributed by atoms with Gasteiger partial charge < -0.3 is 9.32 Å². The summed E-state index contributed by atoms with van der Waals surface area (Å²) in [6.45, 7) is 2.85. The minimum atomic E-state index is -0.311. The lowest BCUT2D eigenvalue weighted by molar-refractivity contribution is -0.125. The molecule has 0 saturated carbocycles. The number of rotatable bonds is 3. The smallest absolute Gasteiger partial charge is 0.324 e. The molecule has 2 rings (SSSR count). The number of imide groups is 1. The van der Waals surface area contributed by atoms with E-state index in [2.05, 4.69) is 5.32 Å². The van der Waals surface area contributed by atoms with Crippen molar-refractivity contribution in [3.8, 4) is 0 Å². The van der Waals surface area contributed by atoms with Crippen LogP contribution in [0.25, 0.3) is 0 Å².